The molecule has 0 spiro atoms. The smallest absolute Gasteiger partial charge is 0.331 e. The van der Waals surface area contributed by atoms with E-state index in [1.54, 1.807) is 0 Å². The fourth-order valence-corrected chi connectivity index (χ4v) is 1.45. The van der Waals surface area contributed by atoms with Crippen LogP contribution in [0.2, 0.25) is 0 Å². The predicted octanol–water partition coefficient (Wildman–Crippen LogP) is 2.06. The Morgan fingerprint density at radius 3 is 2.73 bits per heavy atom. The quantitative estimate of drug-likeness (QED) is 0.675. The molecular weight excluding hydrogens is 140 g/mol. The van der Waals surface area contributed by atoms with Crippen molar-refractivity contribution in [3.63, 3.8) is 0 Å². The zero-order chi connectivity index (χ0) is 8.43. The number of hydrogen-bond acceptors (Lipinski definition) is 1. The first-order chi connectivity index (χ1) is 5.09. The Balaban J connectivity index is 2.33. The monoisotopic (exact) mass is 154 g/mol. The second-order valence-corrected chi connectivity index (χ2v) is 3.59. The molecule has 0 unspecified atom stereocenters. The van der Waals surface area contributed by atoms with Gasteiger partial charge in [-0.05, 0) is 24.7 Å². The van der Waals surface area contributed by atoms with E-state index in [2.05, 4.69) is 13.8 Å². The molecule has 0 bridgehead atoms. The Kier molecular flexibility index (Phi) is 2.32. The van der Waals surface area contributed by atoms with Gasteiger partial charge in [0.1, 0.15) is 0 Å². The summed E-state index contributed by atoms with van der Waals surface area (Å²) in [6, 6.07) is 0. The number of hydrogen-bond donors (Lipinski definition) is 1. The van der Waals surface area contributed by atoms with Crippen LogP contribution >= 0.6 is 0 Å². The van der Waals surface area contributed by atoms with Gasteiger partial charge in [0, 0.05) is 5.57 Å². The normalized spacial score (nSPS) is 22.8. The highest BCUT2D eigenvalue weighted by molar-refractivity contribution is 5.88. The van der Waals surface area contributed by atoms with Gasteiger partial charge in [0.15, 0.2) is 0 Å². The van der Waals surface area contributed by atoms with E-state index in [9.17, 15) is 4.79 Å². The minimum atomic E-state index is -0.745. The lowest BCUT2D eigenvalue weighted by Crippen LogP contribution is -2.18. The number of carbonyl (C=O) groups is 1. The maximum atomic E-state index is 10.3. The molecule has 0 aromatic heterocycles. The van der Waals surface area contributed by atoms with Crippen LogP contribution < -0.4 is 0 Å². The highest BCUT2D eigenvalue weighted by Gasteiger charge is 2.24. The van der Waals surface area contributed by atoms with Crippen LogP contribution in [-0.4, -0.2) is 11.1 Å². The summed E-state index contributed by atoms with van der Waals surface area (Å²) < 4.78 is 0. The minimum Gasteiger partial charge on any atom is -0.478 e. The summed E-state index contributed by atoms with van der Waals surface area (Å²) in [6.45, 7) is 4.32. The minimum absolute atomic E-state index is 0.529. The van der Waals surface area contributed by atoms with Crippen molar-refractivity contribution in [1.29, 1.82) is 0 Å². The summed E-state index contributed by atoms with van der Waals surface area (Å²) >= 11 is 0. The van der Waals surface area contributed by atoms with Gasteiger partial charge in [0.05, 0.1) is 0 Å². The molecule has 0 saturated heterocycles. The van der Waals surface area contributed by atoms with Crippen molar-refractivity contribution < 1.29 is 9.90 Å². The fraction of sp³-hybridized carbons (Fsp3) is 0.667. The third-order valence-corrected chi connectivity index (χ3v) is 1.97. The lowest BCUT2D eigenvalue weighted by molar-refractivity contribution is -0.133. The molecule has 1 atom stereocenters. The number of allylic oxidation sites excluding steroid dienone is 1. The van der Waals surface area contributed by atoms with Crippen molar-refractivity contribution in [2.45, 2.75) is 26.7 Å². The van der Waals surface area contributed by atoms with E-state index in [0.29, 0.717) is 17.4 Å². The molecule has 0 amide bonds. The lowest BCUT2D eigenvalue weighted by atomic mass is 9.81. The first kappa shape index (κ1) is 8.31. The van der Waals surface area contributed by atoms with Gasteiger partial charge in [-0.3, -0.25) is 0 Å². The molecule has 1 N–H and O–H groups in total. The summed E-state index contributed by atoms with van der Waals surface area (Å²) in [5.74, 6) is 0.456. The highest BCUT2D eigenvalue weighted by atomic mass is 16.4. The van der Waals surface area contributed by atoms with Gasteiger partial charge < -0.3 is 5.11 Å². The maximum Gasteiger partial charge on any atom is 0.331 e. The topological polar surface area (TPSA) is 37.3 Å². The molecule has 62 valence electrons. The standard InChI is InChI=1S/C9H14O2/c1-6(2)3-7-4-8(5-7)9(10)11/h4,6-7H,3,5H2,1-2H3,(H,10,11)/t7-/m1/s1. The average molecular weight is 154 g/mol. The fourth-order valence-electron chi connectivity index (χ4n) is 1.45. The summed E-state index contributed by atoms with van der Waals surface area (Å²) in [7, 11) is 0. The van der Waals surface area contributed by atoms with Crippen LogP contribution in [-0.2, 0) is 4.79 Å². The third kappa shape index (κ3) is 2.07. The van der Waals surface area contributed by atoms with Crippen molar-refractivity contribution in [3.8, 4) is 0 Å². The maximum absolute atomic E-state index is 10.3. The molecule has 0 fully saturated rings. The van der Waals surface area contributed by atoms with Crippen LogP contribution in [0.1, 0.15) is 26.7 Å². The molecule has 1 aliphatic carbocycles. The zero-order valence-electron chi connectivity index (χ0n) is 7.00. The van der Waals surface area contributed by atoms with Crippen molar-refractivity contribution >= 4 is 5.97 Å². The largest absolute Gasteiger partial charge is 0.478 e. The Morgan fingerprint density at radius 1 is 1.82 bits per heavy atom. The molecule has 0 radical (unpaired) electrons. The second-order valence-electron chi connectivity index (χ2n) is 3.59. The molecule has 0 saturated carbocycles. The molecule has 0 aromatic rings. The summed E-state index contributed by atoms with van der Waals surface area (Å²) in [5.41, 5.74) is 0.593. The Labute approximate surface area is 66.9 Å². The lowest BCUT2D eigenvalue weighted by Gasteiger charge is -2.23. The van der Waals surface area contributed by atoms with E-state index in [4.69, 9.17) is 5.11 Å². The molecule has 2 heteroatoms. The summed E-state index contributed by atoms with van der Waals surface area (Å²) in [6.07, 6.45) is 3.77. The summed E-state index contributed by atoms with van der Waals surface area (Å²) in [4.78, 5) is 10.3. The molecule has 0 aromatic carbocycles. The number of rotatable bonds is 3. The molecule has 0 aliphatic heterocycles. The van der Waals surface area contributed by atoms with Gasteiger partial charge in [-0.25, -0.2) is 4.79 Å². The van der Waals surface area contributed by atoms with Gasteiger partial charge in [0.25, 0.3) is 0 Å². The van der Waals surface area contributed by atoms with Crippen LogP contribution in [0.4, 0.5) is 0 Å². The van der Waals surface area contributed by atoms with Crippen LogP contribution in [0, 0.1) is 11.8 Å². The van der Waals surface area contributed by atoms with Gasteiger partial charge in [-0.2, -0.15) is 0 Å². The van der Waals surface area contributed by atoms with Crippen LogP contribution in [0.25, 0.3) is 0 Å². The SMILES string of the molecule is CC(C)C[C@@H]1C=C(C(=O)O)C1. The molecule has 11 heavy (non-hydrogen) atoms. The molecule has 0 heterocycles. The number of carboxylic acids is 1. The molecule has 1 aliphatic rings. The highest BCUT2D eigenvalue weighted by Crippen LogP contribution is 2.30. The first-order valence-electron chi connectivity index (χ1n) is 4.03. The van der Waals surface area contributed by atoms with E-state index in [0.717, 1.165) is 12.8 Å². The van der Waals surface area contributed by atoms with Gasteiger partial charge in [-0.15, -0.1) is 0 Å². The summed E-state index contributed by atoms with van der Waals surface area (Å²) in [5, 5.41) is 8.52. The van der Waals surface area contributed by atoms with Crippen LogP contribution in [0.3, 0.4) is 0 Å². The Bertz CT molecular complexity index is 192. The van der Waals surface area contributed by atoms with E-state index in [-0.39, 0.29) is 0 Å². The van der Waals surface area contributed by atoms with E-state index < -0.39 is 5.97 Å². The first-order valence-corrected chi connectivity index (χ1v) is 4.03. The van der Waals surface area contributed by atoms with Crippen molar-refractivity contribution in [1.82, 2.24) is 0 Å². The molecule has 1 rings (SSSR count). The van der Waals surface area contributed by atoms with Gasteiger partial charge in [-0.1, -0.05) is 19.9 Å². The Morgan fingerprint density at radius 2 is 2.36 bits per heavy atom. The van der Waals surface area contributed by atoms with E-state index in [1.165, 1.54) is 0 Å². The van der Waals surface area contributed by atoms with Gasteiger partial charge in [0.2, 0.25) is 0 Å². The van der Waals surface area contributed by atoms with Gasteiger partial charge >= 0.3 is 5.97 Å². The van der Waals surface area contributed by atoms with E-state index in [1.807, 2.05) is 6.08 Å². The van der Waals surface area contributed by atoms with Crippen LogP contribution in [0.5, 0.6) is 0 Å². The zero-order valence-corrected chi connectivity index (χ0v) is 7.00. The number of carboxylic acid groups (broad SMARTS) is 1. The van der Waals surface area contributed by atoms with E-state index >= 15 is 0 Å². The number of aliphatic carboxylic acids is 1. The van der Waals surface area contributed by atoms with Crippen molar-refractivity contribution in [3.05, 3.63) is 11.6 Å². The predicted molar refractivity (Wildman–Crippen MR) is 43.3 cm³/mol. The Hall–Kier alpha value is -0.790. The second kappa shape index (κ2) is 3.07. The van der Waals surface area contributed by atoms with Crippen LogP contribution in [0.15, 0.2) is 11.6 Å². The average Bonchev–Trinajstić information content (AvgIpc) is 1.75. The van der Waals surface area contributed by atoms with Crippen molar-refractivity contribution in [2.24, 2.45) is 11.8 Å². The molecule has 2 nitrogen and oxygen atoms in total. The molecular formula is C9H14O2. The third-order valence-electron chi connectivity index (χ3n) is 1.97. The van der Waals surface area contributed by atoms with Crippen molar-refractivity contribution in [2.75, 3.05) is 0 Å².